The van der Waals surface area contributed by atoms with Crippen molar-refractivity contribution in [1.82, 2.24) is 25.1 Å². The van der Waals surface area contributed by atoms with Crippen molar-refractivity contribution < 1.29 is 5.11 Å². The fourth-order valence-corrected chi connectivity index (χ4v) is 3.62. The Morgan fingerprint density at radius 3 is 2.52 bits per heavy atom. The number of nitrogens with one attached hydrogen (secondary N) is 1. The zero-order chi connectivity index (χ0) is 18.9. The molecule has 0 saturated carbocycles. The maximum atomic E-state index is 9.59. The number of aliphatic imine (C=N–C) groups is 1. The highest BCUT2D eigenvalue weighted by molar-refractivity contribution is 5.80. The molecule has 0 radical (unpaired) electrons. The minimum absolute atomic E-state index is 0.0976. The van der Waals surface area contributed by atoms with Crippen molar-refractivity contribution in [2.75, 3.05) is 63.8 Å². The molecular formula is C19H33N7O. The second-order valence-electron chi connectivity index (χ2n) is 7.18. The molecule has 2 saturated heterocycles. The maximum Gasteiger partial charge on any atom is 0.225 e. The molecule has 3 heterocycles. The van der Waals surface area contributed by atoms with Gasteiger partial charge in [-0.1, -0.05) is 0 Å². The number of likely N-dealkylation sites (tertiary alicyclic amines) is 1. The molecule has 1 aromatic rings. The first-order valence-electron chi connectivity index (χ1n) is 10.2. The van der Waals surface area contributed by atoms with Crippen LogP contribution in [0.4, 0.5) is 5.95 Å². The number of aliphatic hydroxyl groups is 1. The van der Waals surface area contributed by atoms with Crippen molar-refractivity contribution in [3.63, 3.8) is 0 Å². The van der Waals surface area contributed by atoms with Gasteiger partial charge in [0.15, 0.2) is 5.96 Å². The molecule has 2 fully saturated rings. The van der Waals surface area contributed by atoms with E-state index in [1.807, 2.05) is 6.07 Å². The minimum atomic E-state index is -0.0976. The van der Waals surface area contributed by atoms with E-state index in [0.717, 1.165) is 90.1 Å². The monoisotopic (exact) mass is 375 g/mol. The van der Waals surface area contributed by atoms with Gasteiger partial charge in [0, 0.05) is 64.8 Å². The number of aromatic nitrogens is 2. The normalized spacial score (nSPS) is 20.1. The molecule has 0 spiro atoms. The molecule has 8 nitrogen and oxygen atoms in total. The van der Waals surface area contributed by atoms with Crippen molar-refractivity contribution in [3.8, 4) is 0 Å². The molecule has 1 aromatic heterocycles. The number of rotatable bonds is 6. The fraction of sp³-hybridized carbons (Fsp3) is 0.737. The standard InChI is InChI=1S/C19H33N7O/c1-2-20-18(23-9-4-10-24-11-5-17(27)6-12-24)25-13-15-26(16-14-25)19-21-7-3-8-22-19/h3,7-8,17,27H,2,4-6,9-16H2,1H3,(H,20,23). The molecule has 0 aliphatic carbocycles. The Morgan fingerprint density at radius 1 is 1.15 bits per heavy atom. The number of anilines is 1. The molecule has 8 heteroatoms. The average Bonchev–Trinajstić information content (AvgIpc) is 2.72. The van der Waals surface area contributed by atoms with Crippen molar-refractivity contribution in [2.24, 2.45) is 4.99 Å². The van der Waals surface area contributed by atoms with Crippen LogP contribution in [0, 0.1) is 0 Å². The third-order valence-corrected chi connectivity index (χ3v) is 5.20. The van der Waals surface area contributed by atoms with E-state index in [9.17, 15) is 5.11 Å². The molecule has 3 rings (SSSR count). The van der Waals surface area contributed by atoms with Gasteiger partial charge in [0.25, 0.3) is 0 Å². The highest BCUT2D eigenvalue weighted by atomic mass is 16.3. The zero-order valence-corrected chi connectivity index (χ0v) is 16.4. The summed E-state index contributed by atoms with van der Waals surface area (Å²) in [6.45, 7) is 10.6. The number of hydrogen-bond acceptors (Lipinski definition) is 6. The summed E-state index contributed by atoms with van der Waals surface area (Å²) in [5.74, 6) is 1.82. The summed E-state index contributed by atoms with van der Waals surface area (Å²) in [6.07, 6.45) is 6.36. The molecule has 150 valence electrons. The predicted octanol–water partition coefficient (Wildman–Crippen LogP) is 0.411. The topological polar surface area (TPSA) is 80.1 Å². The Labute approximate surface area is 162 Å². The molecule has 0 amide bonds. The quantitative estimate of drug-likeness (QED) is 0.423. The predicted molar refractivity (Wildman–Crippen MR) is 108 cm³/mol. The van der Waals surface area contributed by atoms with Crippen LogP contribution in [0.5, 0.6) is 0 Å². The second-order valence-corrected chi connectivity index (χ2v) is 7.18. The van der Waals surface area contributed by atoms with Gasteiger partial charge in [0.05, 0.1) is 6.10 Å². The van der Waals surface area contributed by atoms with Gasteiger partial charge in [0.2, 0.25) is 5.95 Å². The minimum Gasteiger partial charge on any atom is -0.393 e. The second kappa shape index (κ2) is 10.4. The summed E-state index contributed by atoms with van der Waals surface area (Å²) in [7, 11) is 0. The van der Waals surface area contributed by atoms with Crippen LogP contribution < -0.4 is 10.2 Å². The molecule has 2 aliphatic rings. The van der Waals surface area contributed by atoms with E-state index in [1.165, 1.54) is 0 Å². The number of hydrogen-bond donors (Lipinski definition) is 2. The zero-order valence-electron chi connectivity index (χ0n) is 16.4. The van der Waals surface area contributed by atoms with Crippen molar-refractivity contribution >= 4 is 11.9 Å². The van der Waals surface area contributed by atoms with Gasteiger partial charge in [-0.2, -0.15) is 0 Å². The van der Waals surface area contributed by atoms with Gasteiger partial charge in [0.1, 0.15) is 0 Å². The van der Waals surface area contributed by atoms with Gasteiger partial charge in [-0.15, -0.1) is 0 Å². The van der Waals surface area contributed by atoms with Crippen LogP contribution in [-0.4, -0.2) is 95.8 Å². The Balaban J connectivity index is 1.43. The molecule has 2 N–H and O–H groups in total. The van der Waals surface area contributed by atoms with E-state index in [4.69, 9.17) is 4.99 Å². The largest absolute Gasteiger partial charge is 0.393 e. The smallest absolute Gasteiger partial charge is 0.225 e. The van der Waals surface area contributed by atoms with Gasteiger partial charge >= 0.3 is 0 Å². The Hall–Kier alpha value is -1.93. The van der Waals surface area contributed by atoms with E-state index < -0.39 is 0 Å². The highest BCUT2D eigenvalue weighted by Crippen LogP contribution is 2.11. The van der Waals surface area contributed by atoms with Crippen LogP contribution in [0.1, 0.15) is 26.2 Å². The van der Waals surface area contributed by atoms with Gasteiger partial charge in [-0.3, -0.25) is 4.99 Å². The highest BCUT2D eigenvalue weighted by Gasteiger charge is 2.21. The Kier molecular flexibility index (Phi) is 7.65. The number of piperidine rings is 1. The van der Waals surface area contributed by atoms with Crippen LogP contribution in [-0.2, 0) is 0 Å². The number of piperazine rings is 1. The van der Waals surface area contributed by atoms with Crippen molar-refractivity contribution in [2.45, 2.75) is 32.3 Å². The van der Waals surface area contributed by atoms with Crippen LogP contribution in [0.25, 0.3) is 0 Å². The summed E-state index contributed by atoms with van der Waals surface area (Å²) in [6, 6.07) is 1.85. The number of guanidine groups is 1. The summed E-state index contributed by atoms with van der Waals surface area (Å²) >= 11 is 0. The third kappa shape index (κ3) is 6.04. The Morgan fingerprint density at radius 2 is 1.85 bits per heavy atom. The van der Waals surface area contributed by atoms with Crippen LogP contribution in [0.2, 0.25) is 0 Å². The van der Waals surface area contributed by atoms with Crippen LogP contribution in [0.15, 0.2) is 23.5 Å². The van der Waals surface area contributed by atoms with Crippen LogP contribution in [0.3, 0.4) is 0 Å². The molecule has 0 unspecified atom stereocenters. The maximum absolute atomic E-state index is 9.59. The summed E-state index contributed by atoms with van der Waals surface area (Å²) < 4.78 is 0. The fourth-order valence-electron chi connectivity index (χ4n) is 3.62. The van der Waals surface area contributed by atoms with E-state index in [1.54, 1.807) is 12.4 Å². The molecule has 0 atom stereocenters. The molecule has 0 aromatic carbocycles. The molecule has 27 heavy (non-hydrogen) atoms. The number of nitrogens with zero attached hydrogens (tertiary/aromatic N) is 6. The van der Waals surface area contributed by atoms with Crippen molar-refractivity contribution in [3.05, 3.63) is 18.5 Å². The van der Waals surface area contributed by atoms with Gasteiger partial charge < -0.3 is 25.1 Å². The lowest BCUT2D eigenvalue weighted by Crippen LogP contribution is -2.53. The molecule has 0 bridgehead atoms. The molecular weight excluding hydrogens is 342 g/mol. The SMILES string of the molecule is CCNC(=NCCCN1CCC(O)CC1)N1CCN(c2ncccn2)CC1. The first-order chi connectivity index (χ1) is 13.3. The Bertz CT molecular complexity index is 567. The summed E-state index contributed by atoms with van der Waals surface area (Å²) in [5.41, 5.74) is 0. The first-order valence-corrected chi connectivity index (χ1v) is 10.2. The van der Waals surface area contributed by atoms with E-state index in [0.29, 0.717) is 0 Å². The lowest BCUT2D eigenvalue weighted by Gasteiger charge is -2.36. The van der Waals surface area contributed by atoms with E-state index in [2.05, 4.69) is 36.9 Å². The number of aliphatic hydroxyl groups excluding tert-OH is 1. The summed E-state index contributed by atoms with van der Waals surface area (Å²) in [5, 5.41) is 13.0. The first kappa shape index (κ1) is 19.8. The lowest BCUT2D eigenvalue weighted by molar-refractivity contribution is 0.0824. The molecule has 2 aliphatic heterocycles. The average molecular weight is 376 g/mol. The van der Waals surface area contributed by atoms with Crippen molar-refractivity contribution in [1.29, 1.82) is 0 Å². The van der Waals surface area contributed by atoms with Crippen LogP contribution >= 0.6 is 0 Å². The summed E-state index contributed by atoms with van der Waals surface area (Å²) in [4.78, 5) is 20.5. The van der Waals surface area contributed by atoms with Gasteiger partial charge in [-0.25, -0.2) is 9.97 Å². The third-order valence-electron chi connectivity index (χ3n) is 5.20. The lowest BCUT2D eigenvalue weighted by atomic mass is 10.1. The van der Waals surface area contributed by atoms with Gasteiger partial charge in [-0.05, 0) is 38.8 Å². The van der Waals surface area contributed by atoms with E-state index in [-0.39, 0.29) is 6.10 Å². The van der Waals surface area contributed by atoms with E-state index >= 15 is 0 Å².